The number of carbonyl (C=O) groups is 3. The van der Waals surface area contributed by atoms with Crippen LogP contribution in [0.2, 0.25) is 0 Å². The van der Waals surface area contributed by atoms with E-state index in [1.165, 1.54) is 0 Å². The van der Waals surface area contributed by atoms with Crippen LogP contribution >= 0.6 is 0 Å². The zero-order valence-electron chi connectivity index (χ0n) is 16.1. The van der Waals surface area contributed by atoms with Gasteiger partial charge in [-0.25, -0.2) is 9.78 Å². The summed E-state index contributed by atoms with van der Waals surface area (Å²) >= 11 is 0. The minimum absolute atomic E-state index is 0.0550. The van der Waals surface area contributed by atoms with Gasteiger partial charge in [-0.05, 0) is 26.8 Å². The van der Waals surface area contributed by atoms with E-state index in [2.05, 4.69) is 21.0 Å². The van der Waals surface area contributed by atoms with E-state index < -0.39 is 35.7 Å². The number of methoxy groups -OCH3 is 1. The number of alkyl halides is 3. The van der Waals surface area contributed by atoms with Gasteiger partial charge in [0.25, 0.3) is 0 Å². The zero-order chi connectivity index (χ0) is 22.4. The summed E-state index contributed by atoms with van der Waals surface area (Å²) < 4.78 is 47.3. The average molecular weight is 415 g/mol. The van der Waals surface area contributed by atoms with Crippen molar-refractivity contribution in [3.8, 4) is 12.3 Å². The molecule has 29 heavy (non-hydrogen) atoms. The van der Waals surface area contributed by atoms with Gasteiger partial charge >= 0.3 is 24.1 Å². The molecule has 11 heteroatoms. The largest absolute Gasteiger partial charge is 0.471 e. The van der Waals surface area contributed by atoms with E-state index in [9.17, 15) is 27.6 Å². The van der Waals surface area contributed by atoms with E-state index in [1.807, 2.05) is 0 Å². The van der Waals surface area contributed by atoms with Crippen LogP contribution in [-0.4, -0.2) is 41.8 Å². The first-order valence-corrected chi connectivity index (χ1v) is 8.18. The number of aromatic nitrogens is 1. The third-order valence-electron chi connectivity index (χ3n) is 3.23. The normalized spacial score (nSPS) is 12.3. The third-order valence-corrected chi connectivity index (χ3v) is 3.23. The van der Waals surface area contributed by atoms with Gasteiger partial charge < -0.3 is 14.8 Å². The Hall–Kier alpha value is -3.29. The van der Waals surface area contributed by atoms with Gasteiger partial charge in [-0.15, -0.1) is 12.3 Å². The van der Waals surface area contributed by atoms with E-state index in [-0.39, 0.29) is 23.5 Å². The van der Waals surface area contributed by atoms with Crippen molar-refractivity contribution in [3.05, 3.63) is 17.8 Å². The summed E-state index contributed by atoms with van der Waals surface area (Å²) in [4.78, 5) is 39.2. The molecule has 0 aliphatic rings. The van der Waals surface area contributed by atoms with Crippen LogP contribution in [0.1, 0.15) is 38.7 Å². The van der Waals surface area contributed by atoms with Crippen molar-refractivity contribution in [1.82, 2.24) is 4.98 Å². The molecule has 0 radical (unpaired) electrons. The van der Waals surface area contributed by atoms with Crippen molar-refractivity contribution in [2.75, 3.05) is 17.7 Å². The first-order chi connectivity index (χ1) is 13.3. The van der Waals surface area contributed by atoms with Crippen molar-refractivity contribution in [2.45, 2.75) is 44.9 Å². The fraction of sp³-hybridized carbons (Fsp3) is 0.444. The maximum Gasteiger partial charge on any atom is 0.471 e. The number of carbonyl (C=O) groups excluding carboxylic acids is 3. The van der Waals surface area contributed by atoms with Crippen LogP contribution in [0.5, 0.6) is 0 Å². The molecule has 158 valence electrons. The number of halogens is 3. The lowest BCUT2D eigenvalue weighted by molar-refractivity contribution is -0.167. The number of esters is 1. The van der Waals surface area contributed by atoms with Crippen molar-refractivity contribution in [2.24, 2.45) is 0 Å². The van der Waals surface area contributed by atoms with Crippen LogP contribution in [0.15, 0.2) is 12.3 Å². The second kappa shape index (κ2) is 9.27. The van der Waals surface area contributed by atoms with Gasteiger partial charge in [0.05, 0.1) is 24.9 Å². The molecular formula is C18H20F3N3O5. The standard InChI is InChI=1S/C18H20F3N3O5/c1-6-7-11(14(25)28-5)12-8-10(23-15(26)18(19,20)21)9-22-13(12)24-16(27)29-17(2,3)4/h1,8-9,11H,7H2,2-5H3,(H,23,26)(H,22,24,27)/t11-/m0/s1. The summed E-state index contributed by atoms with van der Waals surface area (Å²) in [6.07, 6.45) is -0.105. The van der Waals surface area contributed by atoms with Gasteiger partial charge in [0.2, 0.25) is 0 Å². The summed E-state index contributed by atoms with van der Waals surface area (Å²) in [6.45, 7) is 4.85. The van der Waals surface area contributed by atoms with E-state index >= 15 is 0 Å². The molecule has 1 heterocycles. The SMILES string of the molecule is C#CC[C@H](C(=O)OC)c1cc(NC(=O)C(F)(F)F)cnc1NC(=O)OC(C)(C)C. The Kier molecular flexibility index (Phi) is 7.59. The molecule has 0 fully saturated rings. The zero-order valence-corrected chi connectivity index (χ0v) is 16.1. The van der Waals surface area contributed by atoms with E-state index in [0.717, 1.165) is 19.4 Å². The summed E-state index contributed by atoms with van der Waals surface area (Å²) in [7, 11) is 1.09. The Balaban J connectivity index is 3.36. The van der Waals surface area contributed by atoms with Crippen LogP contribution in [-0.2, 0) is 19.1 Å². The fourth-order valence-electron chi connectivity index (χ4n) is 2.10. The van der Waals surface area contributed by atoms with E-state index in [1.54, 1.807) is 26.1 Å². The van der Waals surface area contributed by atoms with Crippen LogP contribution in [0.4, 0.5) is 29.5 Å². The molecular weight excluding hydrogens is 395 g/mol. The number of amides is 2. The molecule has 0 bridgehead atoms. The highest BCUT2D eigenvalue weighted by molar-refractivity contribution is 5.95. The van der Waals surface area contributed by atoms with Gasteiger partial charge in [-0.2, -0.15) is 13.2 Å². The predicted molar refractivity (Wildman–Crippen MR) is 97.0 cm³/mol. The van der Waals surface area contributed by atoms with Crippen LogP contribution in [0.25, 0.3) is 0 Å². The Morgan fingerprint density at radius 2 is 1.86 bits per heavy atom. The first-order valence-electron chi connectivity index (χ1n) is 8.18. The summed E-state index contributed by atoms with van der Waals surface area (Å²) in [5, 5.41) is 3.93. The fourth-order valence-corrected chi connectivity index (χ4v) is 2.10. The second-order valence-electron chi connectivity index (χ2n) is 6.72. The van der Waals surface area contributed by atoms with Crippen molar-refractivity contribution in [1.29, 1.82) is 0 Å². The van der Waals surface area contributed by atoms with Gasteiger partial charge in [-0.1, -0.05) is 0 Å². The minimum atomic E-state index is -5.13. The average Bonchev–Trinajstić information content (AvgIpc) is 2.58. The number of nitrogens with zero attached hydrogens (tertiary/aromatic N) is 1. The minimum Gasteiger partial charge on any atom is -0.469 e. The molecule has 1 aromatic heterocycles. The number of hydrogen-bond donors (Lipinski definition) is 2. The van der Waals surface area contributed by atoms with Gasteiger partial charge in [0, 0.05) is 12.0 Å². The Labute approximate surface area is 165 Å². The molecule has 0 spiro atoms. The number of rotatable bonds is 5. The molecule has 8 nitrogen and oxygen atoms in total. The van der Waals surface area contributed by atoms with Crippen LogP contribution < -0.4 is 10.6 Å². The van der Waals surface area contributed by atoms with Crippen molar-refractivity contribution in [3.63, 3.8) is 0 Å². The third kappa shape index (κ3) is 7.33. The van der Waals surface area contributed by atoms with Gasteiger partial charge in [0.1, 0.15) is 11.4 Å². The summed E-state index contributed by atoms with van der Waals surface area (Å²) in [6, 6.07) is 1.04. The van der Waals surface area contributed by atoms with Gasteiger partial charge in [0.15, 0.2) is 0 Å². The molecule has 2 amide bonds. The highest BCUT2D eigenvalue weighted by atomic mass is 19.4. The quantitative estimate of drug-likeness (QED) is 0.565. The lowest BCUT2D eigenvalue weighted by Crippen LogP contribution is -2.30. The van der Waals surface area contributed by atoms with Crippen LogP contribution in [0, 0.1) is 12.3 Å². The maximum absolute atomic E-state index is 12.5. The van der Waals surface area contributed by atoms with Crippen LogP contribution in [0.3, 0.4) is 0 Å². The lowest BCUT2D eigenvalue weighted by atomic mass is 9.96. The molecule has 0 aromatic carbocycles. The Morgan fingerprint density at radius 1 is 1.24 bits per heavy atom. The molecule has 0 aliphatic carbocycles. The highest BCUT2D eigenvalue weighted by Crippen LogP contribution is 2.30. The lowest BCUT2D eigenvalue weighted by Gasteiger charge is -2.21. The number of pyridine rings is 1. The molecule has 0 aliphatic heterocycles. The number of hydrogen-bond acceptors (Lipinski definition) is 6. The monoisotopic (exact) mass is 415 g/mol. The van der Waals surface area contributed by atoms with E-state index in [4.69, 9.17) is 11.2 Å². The second-order valence-corrected chi connectivity index (χ2v) is 6.72. The van der Waals surface area contributed by atoms with Gasteiger partial charge in [-0.3, -0.25) is 14.9 Å². The topological polar surface area (TPSA) is 107 Å². The Bertz CT molecular complexity index is 826. The molecule has 2 N–H and O–H groups in total. The van der Waals surface area contributed by atoms with E-state index in [0.29, 0.717) is 0 Å². The molecule has 1 atom stereocenters. The van der Waals surface area contributed by atoms with Crippen molar-refractivity contribution >= 4 is 29.5 Å². The number of anilines is 2. The summed E-state index contributed by atoms with van der Waals surface area (Å²) in [5.74, 6) is -2.14. The predicted octanol–water partition coefficient (Wildman–Crippen LogP) is 3.21. The number of ether oxygens (including phenoxy) is 2. The molecule has 1 rings (SSSR count). The highest BCUT2D eigenvalue weighted by Gasteiger charge is 2.39. The number of terminal acetylenes is 1. The molecule has 0 saturated carbocycles. The molecule has 0 unspecified atom stereocenters. The molecule has 0 saturated heterocycles. The summed E-state index contributed by atoms with van der Waals surface area (Å²) in [5.41, 5.74) is -1.26. The maximum atomic E-state index is 12.5. The van der Waals surface area contributed by atoms with Crippen molar-refractivity contribution < 1.29 is 37.0 Å². The first kappa shape index (κ1) is 23.7. The Morgan fingerprint density at radius 3 is 2.34 bits per heavy atom. The molecule has 1 aromatic rings. The number of nitrogens with one attached hydrogen (secondary N) is 2. The smallest absolute Gasteiger partial charge is 0.469 e.